The van der Waals surface area contributed by atoms with Gasteiger partial charge >= 0.3 is 0 Å². The maximum Gasteiger partial charge on any atom is 0.296 e. The third-order valence-electron chi connectivity index (χ3n) is 3.97. The number of hydrogen-bond acceptors (Lipinski definition) is 9. The van der Waals surface area contributed by atoms with Crippen molar-refractivity contribution in [3.63, 3.8) is 0 Å². The zero-order valence-electron chi connectivity index (χ0n) is 16.7. The van der Waals surface area contributed by atoms with Crippen molar-refractivity contribution in [1.82, 2.24) is 0 Å². The van der Waals surface area contributed by atoms with Gasteiger partial charge < -0.3 is 10.2 Å². The first kappa shape index (κ1) is 28.6. The van der Waals surface area contributed by atoms with Crippen LogP contribution in [0.25, 0.3) is 10.8 Å². The predicted octanol–water partition coefficient (Wildman–Crippen LogP) is 2.21. The maximum atomic E-state index is 11.8. The number of phenolic OH excluding ortho intramolecular Hbond substituents is 2. The number of aldehydes is 1. The van der Waals surface area contributed by atoms with E-state index >= 15 is 0 Å². The van der Waals surface area contributed by atoms with Crippen molar-refractivity contribution in [2.24, 2.45) is 10.2 Å². The van der Waals surface area contributed by atoms with Crippen molar-refractivity contribution >= 4 is 108 Å². The topological polar surface area (TPSA) is 191 Å². The minimum Gasteiger partial charge on any atom is -0.507 e. The first-order valence-electron chi connectivity index (χ1n) is 7.86. The molecule has 3 aromatic carbocycles. The molecule has 0 spiro atoms. The summed E-state index contributed by atoms with van der Waals surface area (Å²) in [5.74, 6) is -1.71. The fraction of sp³-hybridized carbons (Fsp3) is 0. The summed E-state index contributed by atoms with van der Waals surface area (Å²) in [5.41, 5.74) is -0.201. The van der Waals surface area contributed by atoms with E-state index in [2.05, 4.69) is 10.2 Å². The Morgan fingerprint density at radius 1 is 0.812 bits per heavy atom. The van der Waals surface area contributed by atoms with Crippen LogP contribution in [0.1, 0.15) is 10.4 Å². The molecular formula is C17H12N2Na2O9S2. The Morgan fingerprint density at radius 3 is 1.91 bits per heavy atom. The Morgan fingerprint density at radius 2 is 1.41 bits per heavy atom. The molecule has 158 valence electrons. The molecule has 0 unspecified atom stereocenters. The normalized spacial score (nSPS) is 11.7. The molecule has 0 amide bonds. The van der Waals surface area contributed by atoms with Crippen LogP contribution >= 0.6 is 0 Å². The molecule has 0 aromatic heterocycles. The van der Waals surface area contributed by atoms with Gasteiger partial charge in [0.05, 0.1) is 16.0 Å². The molecule has 0 aliphatic carbocycles. The maximum absolute atomic E-state index is 11.8. The molecule has 0 saturated heterocycles. The average Bonchev–Trinajstić information content (AvgIpc) is 2.65. The van der Waals surface area contributed by atoms with E-state index in [0.717, 1.165) is 12.1 Å². The third-order valence-corrected chi connectivity index (χ3v) is 5.67. The SMILES string of the molecule is O=Cc1ccc(N=Nc2c(S(=O)(=O)O)cc3cc(S(=O)(=O)O)cc(O)c3c2O)cc1.[Na].[Na]. The Balaban J connectivity index is 0.00000256. The fourth-order valence-electron chi connectivity index (χ4n) is 2.61. The van der Waals surface area contributed by atoms with E-state index in [-0.39, 0.29) is 75.6 Å². The van der Waals surface area contributed by atoms with Gasteiger partial charge in [0.1, 0.15) is 22.6 Å². The summed E-state index contributed by atoms with van der Waals surface area (Å²) in [7, 11) is -9.74. The van der Waals surface area contributed by atoms with Gasteiger partial charge in [-0.25, -0.2) is 0 Å². The second kappa shape index (κ2) is 10.7. The molecule has 3 aromatic rings. The monoisotopic (exact) mass is 498 g/mol. The zero-order chi connectivity index (χ0) is 22.3. The number of hydrogen-bond donors (Lipinski definition) is 4. The summed E-state index contributed by atoms with van der Waals surface area (Å²) in [5, 5.41) is 27.2. The fourth-order valence-corrected chi connectivity index (χ4v) is 3.80. The number of carbonyl (C=O) groups is 1. The summed E-state index contributed by atoms with van der Waals surface area (Å²) in [6, 6.07) is 7.77. The van der Waals surface area contributed by atoms with E-state index < -0.39 is 47.2 Å². The molecule has 0 bridgehead atoms. The Hall–Kier alpha value is -1.39. The Kier molecular flexibility index (Phi) is 9.57. The van der Waals surface area contributed by atoms with E-state index in [1.807, 2.05) is 0 Å². The molecule has 15 heteroatoms. The van der Waals surface area contributed by atoms with Crippen LogP contribution in [-0.2, 0) is 20.2 Å². The summed E-state index contributed by atoms with van der Waals surface area (Å²) >= 11 is 0. The van der Waals surface area contributed by atoms with E-state index in [9.17, 15) is 36.4 Å². The molecule has 2 radical (unpaired) electrons. The standard InChI is InChI=1S/C17H12N2O9S2.2Na/c20-8-9-1-3-11(4-2-9)18-19-16-14(30(26,27)28)6-10-5-12(29(23,24)25)7-13(21)15(10)17(16)22;;/h1-8,21-22H,(H,23,24,25)(H,26,27,28);;. The molecule has 3 rings (SSSR count). The van der Waals surface area contributed by atoms with Crippen molar-refractivity contribution in [3.05, 3.63) is 48.0 Å². The molecule has 0 atom stereocenters. The smallest absolute Gasteiger partial charge is 0.296 e. The van der Waals surface area contributed by atoms with Gasteiger partial charge in [0.25, 0.3) is 20.2 Å². The molecule has 0 saturated carbocycles. The van der Waals surface area contributed by atoms with Gasteiger partial charge in [0, 0.05) is 70.7 Å². The quantitative estimate of drug-likeness (QED) is 0.177. The van der Waals surface area contributed by atoms with Crippen LogP contribution in [0.5, 0.6) is 11.5 Å². The van der Waals surface area contributed by atoms with Crippen LogP contribution in [0.4, 0.5) is 11.4 Å². The third kappa shape index (κ3) is 6.14. The van der Waals surface area contributed by atoms with Crippen molar-refractivity contribution in [3.8, 4) is 11.5 Å². The van der Waals surface area contributed by atoms with Crippen molar-refractivity contribution in [2.75, 3.05) is 0 Å². The average molecular weight is 498 g/mol. The van der Waals surface area contributed by atoms with Crippen LogP contribution in [0.2, 0.25) is 0 Å². The van der Waals surface area contributed by atoms with Crippen molar-refractivity contribution < 1.29 is 40.9 Å². The first-order chi connectivity index (χ1) is 13.9. The van der Waals surface area contributed by atoms with Gasteiger partial charge in [-0.2, -0.15) is 21.9 Å². The molecule has 0 aliphatic rings. The van der Waals surface area contributed by atoms with E-state index in [0.29, 0.717) is 17.9 Å². The molecule has 32 heavy (non-hydrogen) atoms. The summed E-state index contributed by atoms with van der Waals surface area (Å²) < 4.78 is 64.9. The molecule has 0 heterocycles. The second-order valence-corrected chi connectivity index (χ2v) is 8.78. The van der Waals surface area contributed by atoms with Gasteiger partial charge in [0.15, 0.2) is 5.75 Å². The first-order valence-corrected chi connectivity index (χ1v) is 10.7. The van der Waals surface area contributed by atoms with Gasteiger partial charge in [-0.1, -0.05) is 0 Å². The Labute approximate surface area is 226 Å². The number of phenols is 2. The summed E-state index contributed by atoms with van der Waals surface area (Å²) in [4.78, 5) is 8.99. The predicted molar refractivity (Wildman–Crippen MR) is 114 cm³/mol. The zero-order valence-corrected chi connectivity index (χ0v) is 22.3. The van der Waals surface area contributed by atoms with Crippen molar-refractivity contribution in [1.29, 1.82) is 0 Å². The number of benzene rings is 3. The molecule has 11 nitrogen and oxygen atoms in total. The van der Waals surface area contributed by atoms with Crippen LogP contribution in [0, 0.1) is 0 Å². The van der Waals surface area contributed by atoms with Crippen LogP contribution in [0.3, 0.4) is 0 Å². The summed E-state index contributed by atoms with van der Waals surface area (Å²) in [6.45, 7) is 0. The minimum absolute atomic E-state index is 0. The van der Waals surface area contributed by atoms with Crippen molar-refractivity contribution in [2.45, 2.75) is 9.79 Å². The number of fused-ring (bicyclic) bond motifs is 1. The van der Waals surface area contributed by atoms with E-state index in [1.165, 1.54) is 24.3 Å². The molecule has 0 fully saturated rings. The second-order valence-electron chi connectivity index (χ2n) is 5.97. The number of azo groups is 1. The number of carbonyl (C=O) groups excluding carboxylic acids is 1. The summed E-state index contributed by atoms with van der Waals surface area (Å²) in [6.07, 6.45) is 0.593. The molecule has 4 N–H and O–H groups in total. The number of rotatable bonds is 5. The van der Waals surface area contributed by atoms with Gasteiger partial charge in [0.2, 0.25) is 0 Å². The van der Waals surface area contributed by atoms with Crippen LogP contribution in [0.15, 0.2) is 62.5 Å². The van der Waals surface area contributed by atoms with Crippen LogP contribution < -0.4 is 0 Å². The van der Waals surface area contributed by atoms with E-state index in [1.54, 1.807) is 0 Å². The number of aromatic hydroxyl groups is 2. The van der Waals surface area contributed by atoms with Crippen LogP contribution in [-0.4, -0.2) is 102 Å². The minimum atomic E-state index is -4.98. The van der Waals surface area contributed by atoms with E-state index in [4.69, 9.17) is 4.55 Å². The van der Waals surface area contributed by atoms with Gasteiger partial charge in [-0.05, 0) is 41.8 Å². The largest absolute Gasteiger partial charge is 0.507 e. The number of nitrogens with zero attached hydrogens (tertiary/aromatic N) is 2. The Bertz CT molecular complexity index is 1420. The molecular weight excluding hydrogens is 486 g/mol. The van der Waals surface area contributed by atoms with Gasteiger partial charge in [-0.3, -0.25) is 13.9 Å². The van der Waals surface area contributed by atoms with Gasteiger partial charge in [-0.15, -0.1) is 5.11 Å². The molecule has 0 aliphatic heterocycles.